The fourth-order valence-corrected chi connectivity index (χ4v) is 3.79. The van der Waals surface area contributed by atoms with E-state index in [4.69, 9.17) is 9.47 Å². The first kappa shape index (κ1) is 14.6. The lowest BCUT2D eigenvalue weighted by atomic mass is 10.1. The zero-order valence-corrected chi connectivity index (χ0v) is 13.4. The highest BCUT2D eigenvalue weighted by molar-refractivity contribution is 8.01. The summed E-state index contributed by atoms with van der Waals surface area (Å²) in [4.78, 5) is 0. The molecule has 0 spiro atoms. The highest BCUT2D eigenvalue weighted by Crippen LogP contribution is 2.34. The largest absolute Gasteiger partial charge is 0.486 e. The van der Waals surface area contributed by atoms with E-state index in [1.54, 1.807) is 28.6 Å². The summed E-state index contributed by atoms with van der Waals surface area (Å²) in [7, 11) is 0. The van der Waals surface area contributed by atoms with Crippen molar-refractivity contribution in [3.8, 4) is 11.5 Å². The third kappa shape index (κ3) is 3.66. The highest BCUT2D eigenvalue weighted by atomic mass is 32.2. The second-order valence-corrected chi connectivity index (χ2v) is 6.63. The van der Waals surface area contributed by atoms with Crippen molar-refractivity contribution in [3.63, 3.8) is 0 Å². The summed E-state index contributed by atoms with van der Waals surface area (Å²) in [6.45, 7) is 4.26. The van der Waals surface area contributed by atoms with Crippen LogP contribution in [0.1, 0.15) is 18.5 Å². The first-order chi connectivity index (χ1) is 10.4. The van der Waals surface area contributed by atoms with E-state index in [1.807, 2.05) is 6.07 Å². The van der Waals surface area contributed by atoms with Crippen LogP contribution in [0.15, 0.2) is 28.0 Å². The summed E-state index contributed by atoms with van der Waals surface area (Å²) in [5.41, 5.74) is 2.97. The van der Waals surface area contributed by atoms with Gasteiger partial charge in [-0.05, 0) is 24.2 Å². The van der Waals surface area contributed by atoms with E-state index in [1.165, 1.54) is 5.56 Å². The summed E-state index contributed by atoms with van der Waals surface area (Å²) in [5.74, 6) is 2.57. The van der Waals surface area contributed by atoms with Gasteiger partial charge in [0.05, 0.1) is 0 Å². The number of benzene rings is 1. The van der Waals surface area contributed by atoms with Gasteiger partial charge >= 0.3 is 0 Å². The third-order valence-electron chi connectivity index (χ3n) is 3.13. The van der Waals surface area contributed by atoms with E-state index >= 15 is 0 Å². The minimum absolute atomic E-state index is 0.250. The molecule has 1 unspecified atom stereocenters. The molecule has 1 N–H and O–H groups in total. The standard InChI is InChI=1S/C14H17N3O2S2/c1-2-15-11(8-20-14-17-16-9-21-14)10-3-4-12-13(7-10)19-6-5-18-12/h3-4,7,9,11,15H,2,5-6,8H2,1H3. The van der Waals surface area contributed by atoms with Gasteiger partial charge in [-0.15, -0.1) is 10.2 Å². The van der Waals surface area contributed by atoms with E-state index in [9.17, 15) is 0 Å². The molecule has 1 aromatic heterocycles. The van der Waals surface area contributed by atoms with Gasteiger partial charge in [-0.1, -0.05) is 36.1 Å². The van der Waals surface area contributed by atoms with Gasteiger partial charge in [-0.25, -0.2) is 0 Å². The zero-order valence-electron chi connectivity index (χ0n) is 11.7. The third-order valence-corrected chi connectivity index (χ3v) is 5.09. The van der Waals surface area contributed by atoms with Crippen molar-refractivity contribution in [2.45, 2.75) is 17.3 Å². The number of aromatic nitrogens is 2. The van der Waals surface area contributed by atoms with Gasteiger partial charge in [0.1, 0.15) is 18.7 Å². The lowest BCUT2D eigenvalue weighted by molar-refractivity contribution is 0.171. The predicted molar refractivity (Wildman–Crippen MR) is 84.5 cm³/mol. The van der Waals surface area contributed by atoms with Crippen molar-refractivity contribution in [1.29, 1.82) is 0 Å². The van der Waals surface area contributed by atoms with Gasteiger partial charge in [-0.2, -0.15) is 0 Å². The summed E-state index contributed by atoms with van der Waals surface area (Å²) < 4.78 is 12.2. The molecular weight excluding hydrogens is 306 g/mol. The molecule has 0 bridgehead atoms. The van der Waals surface area contributed by atoms with Crippen LogP contribution in [0.5, 0.6) is 11.5 Å². The molecule has 1 aliphatic rings. The number of hydrogen-bond acceptors (Lipinski definition) is 7. The van der Waals surface area contributed by atoms with Crippen LogP contribution in [0.3, 0.4) is 0 Å². The van der Waals surface area contributed by atoms with Crippen LogP contribution in [0.25, 0.3) is 0 Å². The van der Waals surface area contributed by atoms with Gasteiger partial charge in [-0.3, -0.25) is 0 Å². The van der Waals surface area contributed by atoms with Gasteiger partial charge in [0.25, 0.3) is 0 Å². The molecule has 0 aliphatic carbocycles. The summed E-state index contributed by atoms with van der Waals surface area (Å²) in [6, 6.07) is 6.41. The minimum Gasteiger partial charge on any atom is -0.486 e. The summed E-state index contributed by atoms with van der Waals surface area (Å²) >= 11 is 3.29. The second-order valence-electron chi connectivity index (χ2n) is 4.53. The fraction of sp³-hybridized carbons (Fsp3) is 0.429. The Hall–Kier alpha value is -1.31. The number of thioether (sulfide) groups is 1. The molecule has 112 valence electrons. The number of hydrogen-bond donors (Lipinski definition) is 1. The van der Waals surface area contributed by atoms with Crippen LogP contribution in [-0.2, 0) is 0 Å². The van der Waals surface area contributed by atoms with Gasteiger partial charge in [0.2, 0.25) is 0 Å². The number of rotatable bonds is 6. The number of fused-ring (bicyclic) bond motifs is 1. The Balaban J connectivity index is 1.73. The molecule has 0 fully saturated rings. The molecule has 2 aromatic rings. The Morgan fingerprint density at radius 3 is 2.95 bits per heavy atom. The Labute approximate surface area is 132 Å². The van der Waals surface area contributed by atoms with Gasteiger partial charge in [0.15, 0.2) is 15.8 Å². The average molecular weight is 323 g/mol. The number of nitrogens with one attached hydrogen (secondary N) is 1. The van der Waals surface area contributed by atoms with Crippen molar-refractivity contribution < 1.29 is 9.47 Å². The SMILES string of the molecule is CCNC(CSc1nncs1)c1ccc2c(c1)OCCO2. The Bertz CT molecular complexity index is 578. The predicted octanol–water partition coefficient (Wildman–Crippen LogP) is 2.75. The maximum absolute atomic E-state index is 5.66. The molecule has 0 amide bonds. The Morgan fingerprint density at radius 1 is 1.33 bits per heavy atom. The lowest BCUT2D eigenvalue weighted by Crippen LogP contribution is -2.23. The van der Waals surface area contributed by atoms with Crippen LogP contribution in [-0.4, -0.2) is 35.7 Å². The number of ether oxygens (including phenoxy) is 2. The normalized spacial score (nSPS) is 14.9. The van der Waals surface area contributed by atoms with E-state index in [0.717, 1.165) is 28.1 Å². The Morgan fingerprint density at radius 2 is 2.19 bits per heavy atom. The summed E-state index contributed by atoms with van der Waals surface area (Å²) in [6.07, 6.45) is 0. The van der Waals surface area contributed by atoms with Crippen LogP contribution < -0.4 is 14.8 Å². The zero-order chi connectivity index (χ0) is 14.5. The minimum atomic E-state index is 0.250. The first-order valence-corrected chi connectivity index (χ1v) is 8.75. The molecule has 7 heteroatoms. The molecule has 3 rings (SSSR count). The molecule has 0 saturated carbocycles. The highest BCUT2D eigenvalue weighted by Gasteiger charge is 2.17. The van der Waals surface area contributed by atoms with Crippen LogP contribution in [0, 0.1) is 0 Å². The molecule has 5 nitrogen and oxygen atoms in total. The quantitative estimate of drug-likeness (QED) is 0.825. The molecule has 2 heterocycles. The molecular formula is C14H17N3O2S2. The lowest BCUT2D eigenvalue weighted by Gasteiger charge is -2.22. The van der Waals surface area contributed by atoms with Gasteiger partial charge < -0.3 is 14.8 Å². The van der Waals surface area contributed by atoms with Crippen molar-refractivity contribution in [2.75, 3.05) is 25.5 Å². The van der Waals surface area contributed by atoms with Crippen LogP contribution in [0.2, 0.25) is 0 Å². The number of nitrogens with zero attached hydrogens (tertiary/aromatic N) is 2. The monoisotopic (exact) mass is 323 g/mol. The topological polar surface area (TPSA) is 56.3 Å². The molecule has 0 radical (unpaired) electrons. The first-order valence-electron chi connectivity index (χ1n) is 6.88. The molecule has 0 saturated heterocycles. The van der Waals surface area contributed by atoms with E-state index in [-0.39, 0.29) is 6.04 Å². The Kier molecular flexibility index (Phi) is 4.95. The molecule has 1 aliphatic heterocycles. The molecule has 1 aromatic carbocycles. The van der Waals surface area contributed by atoms with Crippen molar-refractivity contribution >= 4 is 23.1 Å². The van der Waals surface area contributed by atoms with E-state index < -0.39 is 0 Å². The van der Waals surface area contributed by atoms with Gasteiger partial charge in [0, 0.05) is 11.8 Å². The second kappa shape index (κ2) is 7.11. The van der Waals surface area contributed by atoms with E-state index in [2.05, 4.69) is 34.6 Å². The fourth-order valence-electron chi connectivity index (χ4n) is 2.18. The van der Waals surface area contributed by atoms with Crippen molar-refractivity contribution in [1.82, 2.24) is 15.5 Å². The van der Waals surface area contributed by atoms with Crippen LogP contribution in [0.4, 0.5) is 0 Å². The molecule has 1 atom stereocenters. The summed E-state index contributed by atoms with van der Waals surface area (Å²) in [5, 5.41) is 11.4. The maximum atomic E-state index is 5.66. The van der Waals surface area contributed by atoms with Crippen molar-refractivity contribution in [3.05, 3.63) is 29.3 Å². The van der Waals surface area contributed by atoms with Crippen LogP contribution >= 0.6 is 23.1 Å². The van der Waals surface area contributed by atoms with E-state index in [0.29, 0.717) is 13.2 Å². The maximum Gasteiger partial charge on any atom is 0.174 e. The smallest absolute Gasteiger partial charge is 0.174 e. The molecule has 21 heavy (non-hydrogen) atoms. The van der Waals surface area contributed by atoms with Crippen molar-refractivity contribution in [2.24, 2.45) is 0 Å². The average Bonchev–Trinajstić information content (AvgIpc) is 3.04.